The molecule has 23 heavy (non-hydrogen) atoms. The van der Waals surface area contributed by atoms with Crippen LogP contribution in [0.2, 0.25) is 0 Å². The van der Waals surface area contributed by atoms with Crippen molar-refractivity contribution in [1.82, 2.24) is 10.2 Å². The van der Waals surface area contributed by atoms with Crippen molar-refractivity contribution in [3.05, 3.63) is 41.5 Å². The van der Waals surface area contributed by atoms with Gasteiger partial charge in [-0.3, -0.25) is 9.69 Å². The number of rotatable bonds is 6. The average Bonchev–Trinajstić information content (AvgIpc) is 2.54. The molecule has 1 fully saturated rings. The summed E-state index contributed by atoms with van der Waals surface area (Å²) in [6, 6.07) is 8.47. The number of carbonyl (C=O) groups excluding carboxylic acids is 1. The Morgan fingerprint density at radius 2 is 2.09 bits per heavy atom. The highest BCUT2D eigenvalue weighted by molar-refractivity contribution is 5.91. The minimum Gasteiger partial charge on any atom is -0.379 e. The Bertz CT molecular complexity index is 534. The summed E-state index contributed by atoms with van der Waals surface area (Å²) >= 11 is 0. The van der Waals surface area contributed by atoms with Gasteiger partial charge < -0.3 is 10.1 Å². The summed E-state index contributed by atoms with van der Waals surface area (Å²) in [5.74, 6) is 0.458. The van der Waals surface area contributed by atoms with Crippen molar-refractivity contribution in [3.63, 3.8) is 0 Å². The molecule has 1 N–H and O–H groups in total. The number of morpholine rings is 1. The molecule has 0 aliphatic carbocycles. The zero-order valence-electron chi connectivity index (χ0n) is 14.4. The molecule has 1 heterocycles. The maximum Gasteiger partial charge on any atom is 0.244 e. The van der Waals surface area contributed by atoms with E-state index < -0.39 is 0 Å². The second-order valence-electron chi connectivity index (χ2n) is 6.45. The number of amides is 1. The van der Waals surface area contributed by atoms with E-state index in [0.29, 0.717) is 18.5 Å². The van der Waals surface area contributed by atoms with Crippen LogP contribution in [0.15, 0.2) is 30.3 Å². The summed E-state index contributed by atoms with van der Waals surface area (Å²) in [5, 5.41) is 3.04. The highest BCUT2D eigenvalue weighted by atomic mass is 16.5. The van der Waals surface area contributed by atoms with E-state index in [0.717, 1.165) is 31.9 Å². The SMILES string of the molecule is Cc1cccc(C=CC(=O)NCC(C(C)C)N2CCOCC2)c1. The standard InChI is InChI=1S/C19H28N2O2/c1-15(2)18(21-9-11-23-12-10-21)14-20-19(22)8-7-17-6-4-5-16(3)13-17/h4-8,13,15,18H,9-12,14H2,1-3H3,(H,20,22). The Morgan fingerprint density at radius 1 is 1.35 bits per heavy atom. The lowest BCUT2D eigenvalue weighted by Crippen LogP contribution is -2.51. The van der Waals surface area contributed by atoms with E-state index in [4.69, 9.17) is 4.74 Å². The summed E-state index contributed by atoms with van der Waals surface area (Å²) < 4.78 is 5.41. The molecule has 1 unspecified atom stereocenters. The Labute approximate surface area is 139 Å². The number of carbonyl (C=O) groups is 1. The number of nitrogens with zero attached hydrogens (tertiary/aromatic N) is 1. The van der Waals surface area contributed by atoms with E-state index in [1.165, 1.54) is 5.56 Å². The first kappa shape index (κ1) is 17.7. The van der Waals surface area contributed by atoms with Gasteiger partial charge in [0.25, 0.3) is 0 Å². The zero-order valence-corrected chi connectivity index (χ0v) is 14.4. The normalized spacial score (nSPS) is 17.6. The van der Waals surface area contributed by atoms with Crippen molar-refractivity contribution in [2.75, 3.05) is 32.8 Å². The lowest BCUT2D eigenvalue weighted by molar-refractivity contribution is -0.116. The van der Waals surface area contributed by atoms with Gasteiger partial charge in [-0.2, -0.15) is 0 Å². The average molecular weight is 316 g/mol. The highest BCUT2D eigenvalue weighted by Crippen LogP contribution is 2.12. The maximum atomic E-state index is 12.1. The van der Waals surface area contributed by atoms with E-state index in [-0.39, 0.29) is 5.91 Å². The van der Waals surface area contributed by atoms with Gasteiger partial charge in [-0.05, 0) is 24.5 Å². The van der Waals surface area contributed by atoms with Gasteiger partial charge >= 0.3 is 0 Å². The Kier molecular flexibility index (Phi) is 6.81. The molecular weight excluding hydrogens is 288 g/mol. The summed E-state index contributed by atoms with van der Waals surface area (Å²) in [7, 11) is 0. The molecule has 0 saturated carbocycles. The summed E-state index contributed by atoms with van der Waals surface area (Å²) in [5.41, 5.74) is 2.24. The third kappa shape index (κ3) is 5.81. The van der Waals surface area contributed by atoms with Crippen LogP contribution in [-0.2, 0) is 9.53 Å². The molecule has 0 aromatic heterocycles. The molecular formula is C19H28N2O2. The first-order chi connectivity index (χ1) is 11.1. The van der Waals surface area contributed by atoms with Gasteiger partial charge in [-0.1, -0.05) is 43.7 Å². The molecule has 1 atom stereocenters. The fourth-order valence-corrected chi connectivity index (χ4v) is 2.91. The number of benzene rings is 1. The largest absolute Gasteiger partial charge is 0.379 e. The number of nitrogens with one attached hydrogen (secondary N) is 1. The predicted molar refractivity (Wildman–Crippen MR) is 94.2 cm³/mol. The maximum absolute atomic E-state index is 12.1. The van der Waals surface area contributed by atoms with Crippen LogP contribution in [0.4, 0.5) is 0 Å². The third-order valence-electron chi connectivity index (χ3n) is 4.24. The molecule has 1 aromatic carbocycles. The van der Waals surface area contributed by atoms with Crippen LogP contribution >= 0.6 is 0 Å². The second-order valence-corrected chi connectivity index (χ2v) is 6.45. The monoisotopic (exact) mass is 316 g/mol. The van der Waals surface area contributed by atoms with Crippen LogP contribution in [-0.4, -0.2) is 49.7 Å². The summed E-state index contributed by atoms with van der Waals surface area (Å²) in [6.07, 6.45) is 3.48. The van der Waals surface area contributed by atoms with Crippen LogP contribution in [0.3, 0.4) is 0 Å². The van der Waals surface area contributed by atoms with Gasteiger partial charge in [0.1, 0.15) is 0 Å². The quantitative estimate of drug-likeness (QED) is 0.820. The molecule has 0 radical (unpaired) electrons. The first-order valence-corrected chi connectivity index (χ1v) is 8.40. The number of hydrogen-bond acceptors (Lipinski definition) is 3. The molecule has 0 bridgehead atoms. The number of ether oxygens (including phenoxy) is 1. The lowest BCUT2D eigenvalue weighted by atomic mass is 10.0. The molecule has 1 aromatic rings. The van der Waals surface area contributed by atoms with Crippen molar-refractivity contribution in [3.8, 4) is 0 Å². The fourth-order valence-electron chi connectivity index (χ4n) is 2.91. The van der Waals surface area contributed by atoms with E-state index in [1.54, 1.807) is 6.08 Å². The smallest absolute Gasteiger partial charge is 0.244 e. The summed E-state index contributed by atoms with van der Waals surface area (Å²) in [6.45, 7) is 10.6. The fraction of sp³-hybridized carbons (Fsp3) is 0.526. The first-order valence-electron chi connectivity index (χ1n) is 8.40. The molecule has 1 amide bonds. The number of aryl methyl sites for hydroxylation is 1. The number of hydrogen-bond donors (Lipinski definition) is 1. The lowest BCUT2D eigenvalue weighted by Gasteiger charge is -2.36. The van der Waals surface area contributed by atoms with Crippen molar-refractivity contribution in [2.45, 2.75) is 26.8 Å². The van der Waals surface area contributed by atoms with Crippen LogP contribution in [0.1, 0.15) is 25.0 Å². The molecule has 2 rings (SSSR count). The van der Waals surface area contributed by atoms with E-state index in [2.05, 4.69) is 30.1 Å². The van der Waals surface area contributed by atoms with E-state index in [9.17, 15) is 4.79 Å². The van der Waals surface area contributed by atoms with Crippen LogP contribution in [0.5, 0.6) is 0 Å². The van der Waals surface area contributed by atoms with Crippen LogP contribution in [0, 0.1) is 12.8 Å². The van der Waals surface area contributed by atoms with Gasteiger partial charge in [-0.25, -0.2) is 0 Å². The van der Waals surface area contributed by atoms with E-state index >= 15 is 0 Å². The minimum absolute atomic E-state index is 0.0367. The van der Waals surface area contributed by atoms with Gasteiger partial charge in [0.05, 0.1) is 13.2 Å². The van der Waals surface area contributed by atoms with E-state index in [1.807, 2.05) is 31.2 Å². The Hall–Kier alpha value is -1.65. The predicted octanol–water partition coefficient (Wildman–Crippen LogP) is 2.48. The molecule has 4 nitrogen and oxygen atoms in total. The van der Waals surface area contributed by atoms with Crippen molar-refractivity contribution in [2.24, 2.45) is 5.92 Å². The molecule has 1 aliphatic rings. The molecule has 126 valence electrons. The van der Waals surface area contributed by atoms with Crippen molar-refractivity contribution < 1.29 is 9.53 Å². The molecule has 1 aliphatic heterocycles. The Balaban J connectivity index is 1.86. The van der Waals surface area contributed by atoms with Crippen LogP contribution in [0.25, 0.3) is 6.08 Å². The third-order valence-corrected chi connectivity index (χ3v) is 4.24. The molecule has 0 spiro atoms. The van der Waals surface area contributed by atoms with Gasteiger partial charge in [0.15, 0.2) is 0 Å². The van der Waals surface area contributed by atoms with Crippen molar-refractivity contribution in [1.29, 1.82) is 0 Å². The topological polar surface area (TPSA) is 41.6 Å². The van der Waals surface area contributed by atoms with Gasteiger partial charge in [0, 0.05) is 31.8 Å². The van der Waals surface area contributed by atoms with Gasteiger partial charge in [0.2, 0.25) is 5.91 Å². The van der Waals surface area contributed by atoms with Gasteiger partial charge in [-0.15, -0.1) is 0 Å². The van der Waals surface area contributed by atoms with Crippen LogP contribution < -0.4 is 5.32 Å². The van der Waals surface area contributed by atoms with Crippen molar-refractivity contribution >= 4 is 12.0 Å². The molecule has 1 saturated heterocycles. The minimum atomic E-state index is -0.0367. The second kappa shape index (κ2) is 8.85. The summed E-state index contributed by atoms with van der Waals surface area (Å²) in [4.78, 5) is 14.5. The zero-order chi connectivity index (χ0) is 16.7. The Morgan fingerprint density at radius 3 is 2.74 bits per heavy atom. The molecule has 4 heteroatoms. The highest BCUT2D eigenvalue weighted by Gasteiger charge is 2.23.